The molecule has 58 heavy (non-hydrogen) atoms. The number of anilines is 3. The molecule has 0 aliphatic heterocycles. The largest absolute Gasteiger partial charge is 0.310 e. The summed E-state index contributed by atoms with van der Waals surface area (Å²) < 4.78 is 1.23. The summed E-state index contributed by atoms with van der Waals surface area (Å²) in [6.45, 7) is 0. The second kappa shape index (κ2) is 14.3. The fraction of sp³-hybridized carbons (Fsp3) is 0. The molecule has 11 aromatic rings. The molecule has 0 N–H and O–H groups in total. The Morgan fingerprint density at radius 3 is 1.59 bits per heavy atom. The van der Waals surface area contributed by atoms with Crippen molar-refractivity contribution in [3.05, 3.63) is 218 Å². The molecular formula is C55H36N2S. The van der Waals surface area contributed by atoms with Crippen LogP contribution in [0.25, 0.3) is 86.5 Å². The quantitative estimate of drug-likeness (QED) is 0.151. The maximum Gasteiger partial charge on any atom is 0.124 e. The van der Waals surface area contributed by atoms with Crippen molar-refractivity contribution in [3.8, 4) is 44.0 Å². The predicted molar refractivity (Wildman–Crippen MR) is 249 cm³/mol. The molecule has 0 bridgehead atoms. The fourth-order valence-electron chi connectivity index (χ4n) is 8.29. The maximum absolute atomic E-state index is 5.01. The van der Waals surface area contributed by atoms with E-state index in [-0.39, 0.29) is 0 Å². The molecule has 1 aromatic heterocycles. The molecule has 0 saturated carbocycles. The monoisotopic (exact) mass is 756 g/mol. The minimum Gasteiger partial charge on any atom is -0.310 e. The van der Waals surface area contributed by atoms with Crippen molar-refractivity contribution in [1.82, 2.24) is 4.98 Å². The summed E-state index contributed by atoms with van der Waals surface area (Å²) in [5.41, 5.74) is 12.7. The lowest BCUT2D eigenvalue weighted by Crippen LogP contribution is -2.10. The van der Waals surface area contributed by atoms with Gasteiger partial charge in [-0.2, -0.15) is 0 Å². The van der Waals surface area contributed by atoms with E-state index in [4.69, 9.17) is 4.98 Å². The van der Waals surface area contributed by atoms with Gasteiger partial charge in [-0.25, -0.2) is 4.98 Å². The molecule has 0 atom stereocenters. The van der Waals surface area contributed by atoms with Crippen molar-refractivity contribution >= 4 is 70.9 Å². The van der Waals surface area contributed by atoms with E-state index < -0.39 is 0 Å². The minimum absolute atomic E-state index is 1.05. The molecule has 3 heteroatoms. The normalized spacial score (nSPS) is 11.4. The van der Waals surface area contributed by atoms with E-state index in [1.165, 1.54) is 70.4 Å². The second-order valence-electron chi connectivity index (χ2n) is 14.8. The Bertz CT molecular complexity index is 3260. The zero-order valence-electron chi connectivity index (χ0n) is 31.6. The molecule has 11 rings (SSSR count). The molecule has 0 amide bonds. The first-order valence-electron chi connectivity index (χ1n) is 19.7. The maximum atomic E-state index is 5.01. The van der Waals surface area contributed by atoms with E-state index in [2.05, 4.69) is 223 Å². The van der Waals surface area contributed by atoms with Gasteiger partial charge in [-0.3, -0.25) is 0 Å². The molecule has 0 saturated heterocycles. The standard InChI is InChI=1S/C55H36N2S/c1-4-11-37(12-5-1)39-23-27-47(28-24-39)57(48-18-10-17-42(34-48)38-13-6-2-7-14-38)49-29-25-44-33-43(21-22-45(44)35-49)46-20-19-40-26-30-51-50(52(40)36-46)31-32-53-54(51)58-55(56-53)41-15-8-3-9-16-41/h1-36H. The van der Waals surface area contributed by atoms with Crippen LogP contribution in [0.2, 0.25) is 0 Å². The van der Waals surface area contributed by atoms with Crippen LogP contribution in [0.3, 0.4) is 0 Å². The molecule has 10 aromatic carbocycles. The number of hydrogen-bond donors (Lipinski definition) is 0. The lowest BCUT2D eigenvalue weighted by Gasteiger charge is -2.26. The molecule has 1 heterocycles. The van der Waals surface area contributed by atoms with E-state index in [0.717, 1.165) is 33.1 Å². The zero-order chi connectivity index (χ0) is 38.4. The Hall–Kier alpha value is -7.33. The van der Waals surface area contributed by atoms with E-state index in [1.807, 2.05) is 0 Å². The Morgan fingerprint density at radius 2 is 0.828 bits per heavy atom. The molecule has 2 nitrogen and oxygen atoms in total. The number of nitrogens with zero attached hydrogens (tertiary/aromatic N) is 2. The van der Waals surface area contributed by atoms with Crippen molar-refractivity contribution in [2.24, 2.45) is 0 Å². The number of thiazole rings is 1. The van der Waals surface area contributed by atoms with Crippen molar-refractivity contribution in [3.63, 3.8) is 0 Å². The first kappa shape index (κ1) is 34.0. The summed E-state index contributed by atoms with van der Waals surface area (Å²) in [6, 6.07) is 78.9. The van der Waals surface area contributed by atoms with Gasteiger partial charge in [0.25, 0.3) is 0 Å². The van der Waals surface area contributed by atoms with Crippen molar-refractivity contribution < 1.29 is 0 Å². The van der Waals surface area contributed by atoms with Gasteiger partial charge in [0, 0.05) is 28.0 Å². The van der Waals surface area contributed by atoms with Gasteiger partial charge in [0.1, 0.15) is 5.01 Å². The summed E-state index contributed by atoms with van der Waals surface area (Å²) in [4.78, 5) is 7.37. The van der Waals surface area contributed by atoms with Crippen LogP contribution < -0.4 is 4.90 Å². The molecule has 272 valence electrons. The van der Waals surface area contributed by atoms with Crippen LogP contribution in [0.15, 0.2) is 218 Å². The minimum atomic E-state index is 1.05. The highest BCUT2D eigenvalue weighted by Gasteiger charge is 2.16. The lowest BCUT2D eigenvalue weighted by molar-refractivity contribution is 1.29. The van der Waals surface area contributed by atoms with Gasteiger partial charge < -0.3 is 4.90 Å². The highest BCUT2D eigenvalue weighted by Crippen LogP contribution is 2.41. The first-order valence-corrected chi connectivity index (χ1v) is 20.5. The van der Waals surface area contributed by atoms with E-state index in [0.29, 0.717) is 0 Å². The van der Waals surface area contributed by atoms with Crippen molar-refractivity contribution in [2.45, 2.75) is 0 Å². The molecule has 0 aliphatic rings. The molecule has 0 aliphatic carbocycles. The van der Waals surface area contributed by atoms with Gasteiger partial charge >= 0.3 is 0 Å². The Labute approximate surface area is 341 Å². The average Bonchev–Trinajstić information content (AvgIpc) is 3.75. The number of rotatable bonds is 7. The number of fused-ring (bicyclic) bond motifs is 6. The summed E-state index contributed by atoms with van der Waals surface area (Å²) in [6.07, 6.45) is 0. The molecule has 0 radical (unpaired) electrons. The van der Waals surface area contributed by atoms with Crippen LogP contribution >= 0.6 is 11.3 Å². The predicted octanol–water partition coefficient (Wildman–Crippen LogP) is 15.9. The highest BCUT2D eigenvalue weighted by atomic mass is 32.1. The average molecular weight is 757 g/mol. The van der Waals surface area contributed by atoms with Crippen LogP contribution in [-0.4, -0.2) is 4.98 Å². The number of aromatic nitrogens is 1. The van der Waals surface area contributed by atoms with Crippen molar-refractivity contribution in [1.29, 1.82) is 0 Å². The van der Waals surface area contributed by atoms with Gasteiger partial charge in [0.05, 0.1) is 10.2 Å². The summed E-state index contributed by atoms with van der Waals surface area (Å²) >= 11 is 1.78. The van der Waals surface area contributed by atoms with Gasteiger partial charge in [0.2, 0.25) is 0 Å². The Balaban J connectivity index is 0.974. The first-order chi connectivity index (χ1) is 28.7. The molecule has 0 spiro atoms. The summed E-state index contributed by atoms with van der Waals surface area (Å²) in [5, 5.41) is 8.46. The van der Waals surface area contributed by atoms with Crippen LogP contribution in [0, 0.1) is 0 Å². The van der Waals surface area contributed by atoms with Gasteiger partial charge in [-0.05, 0) is 115 Å². The SMILES string of the molecule is c1ccc(-c2ccc(N(c3cccc(-c4ccccc4)c3)c3ccc4cc(-c5ccc6ccc7c(ccc8nc(-c9ccccc9)sc87)c6c5)ccc4c3)cc2)cc1. The Morgan fingerprint density at radius 1 is 0.310 bits per heavy atom. The zero-order valence-corrected chi connectivity index (χ0v) is 32.4. The van der Waals surface area contributed by atoms with E-state index >= 15 is 0 Å². The third-order valence-electron chi connectivity index (χ3n) is 11.2. The van der Waals surface area contributed by atoms with E-state index in [1.54, 1.807) is 11.3 Å². The molecule has 0 fully saturated rings. The van der Waals surface area contributed by atoms with Gasteiger partial charge in [-0.15, -0.1) is 11.3 Å². The van der Waals surface area contributed by atoms with Crippen LogP contribution in [-0.2, 0) is 0 Å². The smallest absolute Gasteiger partial charge is 0.124 e. The Kier molecular flexibility index (Phi) is 8.38. The summed E-state index contributed by atoms with van der Waals surface area (Å²) in [5.74, 6) is 0. The second-order valence-corrected chi connectivity index (χ2v) is 15.8. The van der Waals surface area contributed by atoms with Crippen molar-refractivity contribution in [2.75, 3.05) is 4.90 Å². The molecular weight excluding hydrogens is 721 g/mol. The third kappa shape index (κ3) is 6.19. The number of benzene rings is 10. The molecule has 0 unspecified atom stereocenters. The van der Waals surface area contributed by atoms with Gasteiger partial charge in [-0.1, -0.05) is 164 Å². The third-order valence-corrected chi connectivity index (χ3v) is 12.4. The fourth-order valence-corrected chi connectivity index (χ4v) is 9.39. The highest BCUT2D eigenvalue weighted by molar-refractivity contribution is 7.22. The van der Waals surface area contributed by atoms with E-state index in [9.17, 15) is 0 Å². The summed E-state index contributed by atoms with van der Waals surface area (Å²) in [7, 11) is 0. The van der Waals surface area contributed by atoms with Crippen LogP contribution in [0.1, 0.15) is 0 Å². The van der Waals surface area contributed by atoms with Crippen LogP contribution in [0.4, 0.5) is 17.1 Å². The lowest BCUT2D eigenvalue weighted by atomic mass is 9.95. The van der Waals surface area contributed by atoms with Gasteiger partial charge in [0.15, 0.2) is 0 Å². The topological polar surface area (TPSA) is 16.1 Å². The van der Waals surface area contributed by atoms with Crippen LogP contribution in [0.5, 0.6) is 0 Å². The number of hydrogen-bond acceptors (Lipinski definition) is 3.